The van der Waals surface area contributed by atoms with Crippen molar-refractivity contribution in [3.05, 3.63) is 36.5 Å². The van der Waals surface area contributed by atoms with E-state index < -0.39 is 6.10 Å². The van der Waals surface area contributed by atoms with Gasteiger partial charge in [-0.05, 0) is 70.6 Å². The number of hydrogen-bond donors (Lipinski definition) is 0. The Morgan fingerprint density at radius 1 is 0.323 bits per heavy atom. The molecule has 0 bridgehead atoms. The molecule has 0 N–H and O–H groups in total. The van der Waals surface area contributed by atoms with Gasteiger partial charge in [0.2, 0.25) is 0 Å². The molecule has 0 aliphatic heterocycles. The highest BCUT2D eigenvalue weighted by Gasteiger charge is 2.19. The van der Waals surface area contributed by atoms with Gasteiger partial charge in [0, 0.05) is 19.3 Å². The molecule has 0 radical (unpaired) electrons. The second-order valence-corrected chi connectivity index (χ2v) is 18.1. The van der Waals surface area contributed by atoms with Crippen molar-refractivity contribution >= 4 is 17.9 Å². The van der Waals surface area contributed by atoms with Crippen LogP contribution in [-0.4, -0.2) is 37.2 Å². The fraction of sp³-hybridized carbons (Fsp3) is 0.839. The van der Waals surface area contributed by atoms with E-state index in [1.807, 2.05) is 0 Å². The molecule has 0 amide bonds. The molecule has 0 unspecified atom stereocenters. The van der Waals surface area contributed by atoms with E-state index in [1.54, 1.807) is 0 Å². The Morgan fingerprint density at radius 2 is 0.597 bits per heavy atom. The molecule has 0 saturated carbocycles. The molecule has 0 aromatic carbocycles. The topological polar surface area (TPSA) is 78.9 Å². The standard InChI is InChI=1S/C56H102O6/c1-4-7-10-13-16-19-22-25-27-28-29-32-34-37-40-43-46-49-55(58)61-52-53(51-60-54(57)48-45-42-39-36-33-30-24-21-18-15-12-9-6-3)62-56(59)50-47-44-41-38-35-31-26-23-20-17-14-11-8-5-2/h14,17,21,23-24,26,53H,4-13,15-16,18-20,22,25,27-52H2,1-3H3/b17-14-,24-21-,26-23-/t53-/m1/s1. The van der Waals surface area contributed by atoms with Gasteiger partial charge in [0.05, 0.1) is 0 Å². The zero-order valence-electron chi connectivity index (χ0n) is 41.4. The number of esters is 3. The minimum Gasteiger partial charge on any atom is -0.462 e. The van der Waals surface area contributed by atoms with Crippen LogP contribution in [0.15, 0.2) is 36.5 Å². The Labute approximate surface area is 385 Å². The van der Waals surface area contributed by atoms with Gasteiger partial charge >= 0.3 is 17.9 Å². The van der Waals surface area contributed by atoms with Crippen LogP contribution < -0.4 is 0 Å². The first-order valence-electron chi connectivity index (χ1n) is 27.0. The molecule has 0 aromatic rings. The summed E-state index contributed by atoms with van der Waals surface area (Å²) in [6.07, 6.45) is 59.8. The maximum Gasteiger partial charge on any atom is 0.306 e. The summed E-state index contributed by atoms with van der Waals surface area (Å²) in [4.78, 5) is 38.0. The highest BCUT2D eigenvalue weighted by Crippen LogP contribution is 2.16. The van der Waals surface area contributed by atoms with Gasteiger partial charge in [-0.25, -0.2) is 0 Å². The third kappa shape index (κ3) is 48.7. The van der Waals surface area contributed by atoms with Gasteiger partial charge in [0.25, 0.3) is 0 Å². The van der Waals surface area contributed by atoms with E-state index in [1.165, 1.54) is 154 Å². The second-order valence-electron chi connectivity index (χ2n) is 18.1. The van der Waals surface area contributed by atoms with Crippen molar-refractivity contribution in [3.8, 4) is 0 Å². The third-order valence-corrected chi connectivity index (χ3v) is 11.9. The normalized spacial score (nSPS) is 12.2. The third-order valence-electron chi connectivity index (χ3n) is 11.9. The summed E-state index contributed by atoms with van der Waals surface area (Å²) in [6, 6.07) is 0. The first-order valence-corrected chi connectivity index (χ1v) is 27.0. The zero-order chi connectivity index (χ0) is 45.1. The van der Waals surface area contributed by atoms with Crippen molar-refractivity contribution < 1.29 is 28.6 Å². The van der Waals surface area contributed by atoms with E-state index in [9.17, 15) is 14.4 Å². The number of allylic oxidation sites excluding steroid dienone is 6. The number of carbonyl (C=O) groups excluding carboxylic acids is 3. The van der Waals surface area contributed by atoms with Crippen LogP contribution >= 0.6 is 0 Å². The van der Waals surface area contributed by atoms with Gasteiger partial charge in [-0.15, -0.1) is 0 Å². The van der Waals surface area contributed by atoms with Gasteiger partial charge in [-0.3, -0.25) is 14.4 Å². The zero-order valence-corrected chi connectivity index (χ0v) is 41.4. The molecule has 0 saturated heterocycles. The van der Waals surface area contributed by atoms with E-state index in [-0.39, 0.29) is 31.1 Å². The van der Waals surface area contributed by atoms with Gasteiger partial charge in [0.1, 0.15) is 13.2 Å². The van der Waals surface area contributed by atoms with Crippen molar-refractivity contribution in [1.29, 1.82) is 0 Å². The van der Waals surface area contributed by atoms with Crippen LogP contribution in [0.5, 0.6) is 0 Å². The molecule has 362 valence electrons. The lowest BCUT2D eigenvalue weighted by atomic mass is 10.0. The van der Waals surface area contributed by atoms with Crippen LogP contribution in [0.3, 0.4) is 0 Å². The summed E-state index contributed by atoms with van der Waals surface area (Å²) in [5.41, 5.74) is 0. The smallest absolute Gasteiger partial charge is 0.306 e. The van der Waals surface area contributed by atoms with Crippen molar-refractivity contribution in [2.45, 2.75) is 290 Å². The fourth-order valence-electron chi connectivity index (χ4n) is 7.75. The average Bonchev–Trinajstić information content (AvgIpc) is 3.27. The Morgan fingerprint density at radius 3 is 0.968 bits per heavy atom. The summed E-state index contributed by atoms with van der Waals surface area (Å²) < 4.78 is 16.8. The molecule has 0 fully saturated rings. The first-order chi connectivity index (χ1) is 30.5. The van der Waals surface area contributed by atoms with E-state index >= 15 is 0 Å². The molecule has 0 aliphatic carbocycles. The van der Waals surface area contributed by atoms with Crippen molar-refractivity contribution in [3.63, 3.8) is 0 Å². The number of unbranched alkanes of at least 4 members (excludes halogenated alkanes) is 32. The Kier molecular flexibility index (Phi) is 49.3. The number of rotatable bonds is 49. The first kappa shape index (κ1) is 59.6. The van der Waals surface area contributed by atoms with Gasteiger partial charge in [0.15, 0.2) is 6.10 Å². The van der Waals surface area contributed by atoms with E-state index in [2.05, 4.69) is 57.2 Å². The van der Waals surface area contributed by atoms with Crippen LogP contribution in [0.1, 0.15) is 284 Å². The van der Waals surface area contributed by atoms with Gasteiger partial charge in [-0.1, -0.05) is 231 Å². The van der Waals surface area contributed by atoms with Crippen LogP contribution in [0, 0.1) is 0 Å². The molecule has 0 aromatic heterocycles. The fourth-order valence-corrected chi connectivity index (χ4v) is 7.75. The molecule has 0 heterocycles. The lowest BCUT2D eigenvalue weighted by Crippen LogP contribution is -2.30. The quantitative estimate of drug-likeness (QED) is 0.0262. The largest absolute Gasteiger partial charge is 0.462 e. The van der Waals surface area contributed by atoms with E-state index in [0.29, 0.717) is 19.3 Å². The lowest BCUT2D eigenvalue weighted by Gasteiger charge is -2.18. The molecular weight excluding hydrogens is 769 g/mol. The molecule has 1 atom stereocenters. The summed E-state index contributed by atoms with van der Waals surface area (Å²) in [5, 5.41) is 0. The predicted molar refractivity (Wildman–Crippen MR) is 266 cm³/mol. The second kappa shape index (κ2) is 51.3. The van der Waals surface area contributed by atoms with Gasteiger partial charge in [-0.2, -0.15) is 0 Å². The number of ether oxygens (including phenoxy) is 3. The summed E-state index contributed by atoms with van der Waals surface area (Å²) in [7, 11) is 0. The molecule has 0 rings (SSSR count). The molecule has 6 heteroatoms. The van der Waals surface area contributed by atoms with Crippen LogP contribution in [0.25, 0.3) is 0 Å². The summed E-state index contributed by atoms with van der Waals surface area (Å²) >= 11 is 0. The van der Waals surface area contributed by atoms with E-state index in [0.717, 1.165) is 89.9 Å². The number of hydrogen-bond acceptors (Lipinski definition) is 6. The van der Waals surface area contributed by atoms with Crippen LogP contribution in [0.2, 0.25) is 0 Å². The van der Waals surface area contributed by atoms with E-state index in [4.69, 9.17) is 14.2 Å². The minimum atomic E-state index is -0.779. The summed E-state index contributed by atoms with van der Waals surface area (Å²) in [5.74, 6) is -0.888. The molecule has 6 nitrogen and oxygen atoms in total. The maximum atomic E-state index is 12.8. The van der Waals surface area contributed by atoms with Crippen molar-refractivity contribution in [1.82, 2.24) is 0 Å². The maximum absolute atomic E-state index is 12.8. The monoisotopic (exact) mass is 871 g/mol. The Hall–Kier alpha value is -2.37. The summed E-state index contributed by atoms with van der Waals surface area (Å²) in [6.45, 7) is 6.59. The Bertz CT molecular complexity index is 1050. The predicted octanol–water partition coefficient (Wildman–Crippen LogP) is 17.7. The number of carbonyl (C=O) groups is 3. The SMILES string of the molecule is CCCC/C=C\C/C=C\CCCCCCCC(=O)O[C@H](COC(=O)CCCCCCC/C=C\CCCCCC)COC(=O)CCCCCCCCCCCCCCCCCCC. The highest BCUT2D eigenvalue weighted by atomic mass is 16.6. The molecular formula is C56H102O6. The Balaban J connectivity index is 4.35. The lowest BCUT2D eigenvalue weighted by molar-refractivity contribution is -0.167. The molecule has 0 aliphatic rings. The van der Waals surface area contributed by atoms with Crippen molar-refractivity contribution in [2.75, 3.05) is 13.2 Å². The van der Waals surface area contributed by atoms with Crippen LogP contribution in [0.4, 0.5) is 0 Å². The minimum absolute atomic E-state index is 0.0773. The van der Waals surface area contributed by atoms with Gasteiger partial charge < -0.3 is 14.2 Å². The van der Waals surface area contributed by atoms with Crippen molar-refractivity contribution in [2.24, 2.45) is 0 Å². The molecule has 62 heavy (non-hydrogen) atoms. The average molecular weight is 871 g/mol. The van der Waals surface area contributed by atoms with Crippen LogP contribution in [-0.2, 0) is 28.6 Å². The highest BCUT2D eigenvalue weighted by molar-refractivity contribution is 5.71. The molecule has 0 spiro atoms.